The van der Waals surface area contributed by atoms with E-state index in [1.807, 2.05) is 12.1 Å². The zero-order chi connectivity index (χ0) is 17.2. The van der Waals surface area contributed by atoms with Crippen LogP contribution in [-0.4, -0.2) is 18.0 Å². The Labute approximate surface area is 141 Å². The van der Waals surface area contributed by atoms with Gasteiger partial charge in [-0.2, -0.15) is 0 Å². The first-order valence-corrected chi connectivity index (χ1v) is 9.01. The number of hydrogen-bond acceptors (Lipinski definition) is 3. The van der Waals surface area contributed by atoms with Crippen LogP contribution in [0, 0.1) is 16.0 Å². The largest absolute Gasteiger partial charge is 0.372 e. The van der Waals surface area contributed by atoms with Gasteiger partial charge in [-0.05, 0) is 43.7 Å². The van der Waals surface area contributed by atoms with E-state index in [0.29, 0.717) is 5.92 Å². The van der Waals surface area contributed by atoms with Crippen LogP contribution in [0.4, 0.5) is 11.4 Å². The molecule has 0 bridgehead atoms. The van der Waals surface area contributed by atoms with E-state index in [0.717, 1.165) is 62.9 Å². The molecule has 0 radical (unpaired) electrons. The molecule has 0 spiro atoms. The molecule has 0 unspecified atom stereocenters. The molecule has 0 aromatic heterocycles. The summed E-state index contributed by atoms with van der Waals surface area (Å²) < 4.78 is 0. The molecule has 0 N–H and O–H groups in total. The summed E-state index contributed by atoms with van der Waals surface area (Å²) in [7, 11) is 0. The monoisotopic (exact) mass is 320 g/mol. The van der Waals surface area contributed by atoms with Crippen molar-refractivity contribution in [1.29, 1.82) is 0 Å². The molecule has 1 rings (SSSR count). The maximum atomic E-state index is 11.3. The van der Waals surface area contributed by atoms with Gasteiger partial charge in [0.05, 0.1) is 4.92 Å². The fourth-order valence-electron chi connectivity index (χ4n) is 2.66. The highest BCUT2D eigenvalue weighted by molar-refractivity contribution is 5.55. The van der Waals surface area contributed by atoms with E-state index in [1.54, 1.807) is 6.07 Å². The second kappa shape index (κ2) is 10.2. The van der Waals surface area contributed by atoms with Gasteiger partial charge in [-0.15, -0.1) is 0 Å². The number of aryl methyl sites for hydroxylation is 1. The van der Waals surface area contributed by atoms with E-state index in [4.69, 9.17) is 0 Å². The van der Waals surface area contributed by atoms with Crippen molar-refractivity contribution in [1.82, 2.24) is 0 Å². The van der Waals surface area contributed by atoms with Crippen molar-refractivity contribution in [2.24, 2.45) is 5.92 Å². The van der Waals surface area contributed by atoms with Gasteiger partial charge in [0.1, 0.15) is 0 Å². The van der Waals surface area contributed by atoms with Gasteiger partial charge >= 0.3 is 0 Å². The molecule has 0 saturated carbocycles. The average molecular weight is 320 g/mol. The van der Waals surface area contributed by atoms with Crippen LogP contribution in [0.1, 0.15) is 65.4 Å². The van der Waals surface area contributed by atoms with Gasteiger partial charge in [0.2, 0.25) is 0 Å². The maximum absolute atomic E-state index is 11.3. The molecule has 0 heterocycles. The predicted octanol–water partition coefficient (Wildman–Crippen LogP) is 5.59. The van der Waals surface area contributed by atoms with Crippen LogP contribution < -0.4 is 4.90 Å². The Balaban J connectivity index is 3.02. The van der Waals surface area contributed by atoms with Crippen molar-refractivity contribution < 1.29 is 4.92 Å². The highest BCUT2D eigenvalue weighted by Crippen LogP contribution is 2.27. The van der Waals surface area contributed by atoms with Crippen LogP contribution >= 0.6 is 0 Å². The number of unbranched alkanes of at least 4 members (excludes halogenated alkanes) is 2. The van der Waals surface area contributed by atoms with Gasteiger partial charge in [-0.1, -0.05) is 40.5 Å². The van der Waals surface area contributed by atoms with Gasteiger partial charge in [0.25, 0.3) is 5.69 Å². The van der Waals surface area contributed by atoms with Crippen LogP contribution in [0.2, 0.25) is 0 Å². The number of nitrogens with zero attached hydrogens (tertiary/aromatic N) is 2. The van der Waals surface area contributed by atoms with Gasteiger partial charge in [-0.3, -0.25) is 10.1 Å². The molecule has 1 aromatic carbocycles. The fourth-order valence-corrected chi connectivity index (χ4v) is 2.66. The van der Waals surface area contributed by atoms with Crippen molar-refractivity contribution in [2.45, 2.75) is 66.2 Å². The second-order valence-corrected chi connectivity index (χ2v) is 6.70. The summed E-state index contributed by atoms with van der Waals surface area (Å²) in [6.45, 7) is 10.8. The third kappa shape index (κ3) is 6.59. The number of nitro groups is 1. The van der Waals surface area contributed by atoms with Crippen molar-refractivity contribution in [2.75, 3.05) is 18.0 Å². The molecule has 0 aliphatic carbocycles. The molecule has 4 nitrogen and oxygen atoms in total. The third-order valence-electron chi connectivity index (χ3n) is 4.18. The number of hydrogen-bond donors (Lipinski definition) is 0. The summed E-state index contributed by atoms with van der Waals surface area (Å²) >= 11 is 0. The van der Waals surface area contributed by atoms with Gasteiger partial charge < -0.3 is 4.90 Å². The van der Waals surface area contributed by atoms with E-state index >= 15 is 0 Å². The van der Waals surface area contributed by atoms with Gasteiger partial charge in [0.15, 0.2) is 0 Å². The first-order chi connectivity index (χ1) is 11.0. The number of nitro benzene ring substituents is 1. The summed E-state index contributed by atoms with van der Waals surface area (Å²) in [5, 5.41) is 11.3. The summed E-state index contributed by atoms with van der Waals surface area (Å²) in [6.07, 6.45) is 6.39. The average Bonchev–Trinajstić information content (AvgIpc) is 2.52. The summed E-state index contributed by atoms with van der Waals surface area (Å²) in [5.41, 5.74) is 2.27. The SMILES string of the molecule is CCCCN(CCCC)c1ccc([N+](=O)[O-])c(CCC(C)C)c1. The van der Waals surface area contributed by atoms with Crippen molar-refractivity contribution in [3.8, 4) is 0 Å². The molecule has 4 heteroatoms. The van der Waals surface area contributed by atoms with Crippen molar-refractivity contribution in [3.63, 3.8) is 0 Å². The van der Waals surface area contributed by atoms with Crippen LogP contribution in [-0.2, 0) is 6.42 Å². The Morgan fingerprint density at radius 1 is 1.13 bits per heavy atom. The molecular formula is C19H32N2O2. The Kier molecular flexibility index (Phi) is 8.67. The Morgan fingerprint density at radius 2 is 1.74 bits per heavy atom. The normalized spacial score (nSPS) is 11.0. The predicted molar refractivity (Wildman–Crippen MR) is 98.3 cm³/mol. The van der Waals surface area contributed by atoms with E-state index in [9.17, 15) is 10.1 Å². The van der Waals surface area contributed by atoms with E-state index in [2.05, 4.69) is 32.6 Å². The van der Waals surface area contributed by atoms with E-state index in [-0.39, 0.29) is 10.6 Å². The van der Waals surface area contributed by atoms with Gasteiger partial charge in [-0.25, -0.2) is 0 Å². The number of anilines is 1. The number of rotatable bonds is 11. The van der Waals surface area contributed by atoms with Gasteiger partial charge in [0, 0.05) is 30.4 Å². The molecule has 0 fully saturated rings. The second-order valence-electron chi connectivity index (χ2n) is 6.70. The van der Waals surface area contributed by atoms with E-state index < -0.39 is 0 Å². The minimum Gasteiger partial charge on any atom is -0.372 e. The van der Waals surface area contributed by atoms with Crippen LogP contribution in [0.5, 0.6) is 0 Å². The van der Waals surface area contributed by atoms with E-state index in [1.165, 1.54) is 0 Å². The highest BCUT2D eigenvalue weighted by atomic mass is 16.6. The first-order valence-electron chi connectivity index (χ1n) is 9.01. The zero-order valence-corrected chi connectivity index (χ0v) is 15.2. The quantitative estimate of drug-likeness (QED) is 0.394. The lowest BCUT2D eigenvalue weighted by molar-refractivity contribution is -0.385. The molecule has 0 atom stereocenters. The molecule has 130 valence electrons. The summed E-state index contributed by atoms with van der Waals surface area (Å²) in [5.74, 6) is 0.551. The topological polar surface area (TPSA) is 46.4 Å². The summed E-state index contributed by atoms with van der Waals surface area (Å²) in [6, 6.07) is 5.66. The fraction of sp³-hybridized carbons (Fsp3) is 0.684. The Bertz CT molecular complexity index is 478. The lowest BCUT2D eigenvalue weighted by atomic mass is 10.0. The minimum atomic E-state index is -0.248. The highest BCUT2D eigenvalue weighted by Gasteiger charge is 2.16. The van der Waals surface area contributed by atoms with Crippen molar-refractivity contribution >= 4 is 11.4 Å². The van der Waals surface area contributed by atoms with Crippen LogP contribution in [0.3, 0.4) is 0 Å². The minimum absolute atomic E-state index is 0.248. The van der Waals surface area contributed by atoms with Crippen LogP contribution in [0.25, 0.3) is 0 Å². The molecular weight excluding hydrogens is 288 g/mol. The molecule has 0 amide bonds. The van der Waals surface area contributed by atoms with Crippen LogP contribution in [0.15, 0.2) is 18.2 Å². The standard InChI is InChI=1S/C19H32N2O2/c1-5-7-13-20(14-8-6-2)18-11-12-19(21(22)23)17(15-18)10-9-16(3)4/h11-12,15-16H,5-10,13-14H2,1-4H3. The lowest BCUT2D eigenvalue weighted by Crippen LogP contribution is -2.25. The smallest absolute Gasteiger partial charge is 0.272 e. The number of benzene rings is 1. The lowest BCUT2D eigenvalue weighted by Gasteiger charge is -2.25. The molecule has 0 saturated heterocycles. The first kappa shape index (κ1) is 19.5. The Morgan fingerprint density at radius 3 is 2.22 bits per heavy atom. The molecule has 0 aliphatic heterocycles. The summed E-state index contributed by atoms with van der Waals surface area (Å²) in [4.78, 5) is 13.4. The molecule has 1 aromatic rings. The molecule has 0 aliphatic rings. The zero-order valence-electron chi connectivity index (χ0n) is 15.2. The molecule has 23 heavy (non-hydrogen) atoms. The third-order valence-corrected chi connectivity index (χ3v) is 4.18. The maximum Gasteiger partial charge on any atom is 0.272 e. The Hall–Kier alpha value is -1.58. The van der Waals surface area contributed by atoms with Crippen molar-refractivity contribution in [3.05, 3.63) is 33.9 Å².